The lowest BCUT2D eigenvalue weighted by Crippen LogP contribution is -2.28. The molecule has 0 aromatic heterocycles. The van der Waals surface area contributed by atoms with E-state index in [0.29, 0.717) is 17.1 Å². The van der Waals surface area contributed by atoms with Crippen LogP contribution in [0.5, 0.6) is 11.5 Å². The van der Waals surface area contributed by atoms with E-state index in [1.165, 1.54) is 14.2 Å². The van der Waals surface area contributed by atoms with Gasteiger partial charge in [0, 0.05) is 0 Å². The van der Waals surface area contributed by atoms with E-state index >= 15 is 0 Å². The summed E-state index contributed by atoms with van der Waals surface area (Å²) in [6, 6.07) is 4.89. The highest BCUT2D eigenvalue weighted by molar-refractivity contribution is 8.18. The van der Waals surface area contributed by atoms with Crippen LogP contribution in [-0.4, -0.2) is 49.4 Å². The number of terminal acetylenes is 1. The molecule has 2 rings (SSSR count). The summed E-state index contributed by atoms with van der Waals surface area (Å²) in [5, 5.41) is -0.404. The molecule has 8 heteroatoms. The fraction of sp³-hybridized carbons (Fsp3) is 0.235. The number of esters is 1. The molecule has 2 amide bonds. The van der Waals surface area contributed by atoms with Crippen LogP contribution in [0.3, 0.4) is 0 Å². The summed E-state index contributed by atoms with van der Waals surface area (Å²) >= 11 is 0.821. The fourth-order valence-electron chi connectivity index (χ4n) is 1.97. The van der Waals surface area contributed by atoms with Crippen molar-refractivity contribution in [3.8, 4) is 23.8 Å². The normalized spacial score (nSPS) is 15.2. The van der Waals surface area contributed by atoms with E-state index in [-0.39, 0.29) is 18.1 Å². The summed E-state index contributed by atoms with van der Waals surface area (Å²) in [6.45, 7) is -0.317. The molecule has 1 aromatic carbocycles. The highest BCUT2D eigenvalue weighted by Gasteiger charge is 2.34. The second kappa shape index (κ2) is 8.26. The minimum atomic E-state index is -0.520. The highest BCUT2D eigenvalue weighted by atomic mass is 32.2. The molecule has 25 heavy (non-hydrogen) atoms. The Morgan fingerprint density at radius 1 is 1.32 bits per heavy atom. The van der Waals surface area contributed by atoms with Crippen LogP contribution in [0.25, 0.3) is 6.08 Å². The molecule has 1 fully saturated rings. The largest absolute Gasteiger partial charge is 0.493 e. The third-order valence-electron chi connectivity index (χ3n) is 3.18. The first-order valence-corrected chi connectivity index (χ1v) is 7.88. The lowest BCUT2D eigenvalue weighted by molar-refractivity contribution is -0.142. The van der Waals surface area contributed by atoms with Crippen LogP contribution in [0.4, 0.5) is 4.79 Å². The van der Waals surface area contributed by atoms with Gasteiger partial charge in [0.15, 0.2) is 18.1 Å². The molecule has 0 saturated carbocycles. The van der Waals surface area contributed by atoms with Crippen molar-refractivity contribution in [2.75, 3.05) is 27.4 Å². The number of imide groups is 1. The van der Waals surface area contributed by atoms with Gasteiger partial charge in [-0.25, -0.2) is 4.79 Å². The second-order valence-corrected chi connectivity index (χ2v) is 5.74. The molecular weight excluding hydrogens is 346 g/mol. The van der Waals surface area contributed by atoms with Crippen LogP contribution in [0, 0.1) is 12.3 Å². The number of amides is 2. The lowest BCUT2D eigenvalue weighted by atomic mass is 10.2. The molecule has 130 valence electrons. The Hall–Kier alpha value is -2.92. The Balaban J connectivity index is 2.21. The highest BCUT2D eigenvalue weighted by Crippen LogP contribution is 2.34. The first kappa shape index (κ1) is 18.4. The van der Waals surface area contributed by atoms with E-state index < -0.39 is 17.1 Å². The van der Waals surface area contributed by atoms with Crippen molar-refractivity contribution in [1.82, 2.24) is 4.90 Å². The van der Waals surface area contributed by atoms with Crippen LogP contribution >= 0.6 is 11.8 Å². The van der Waals surface area contributed by atoms with E-state index in [9.17, 15) is 14.4 Å². The third-order valence-corrected chi connectivity index (χ3v) is 4.09. The second-order valence-electron chi connectivity index (χ2n) is 4.75. The quantitative estimate of drug-likeness (QED) is 0.435. The number of ether oxygens (including phenoxy) is 3. The molecule has 1 saturated heterocycles. The molecule has 1 aromatic rings. The maximum absolute atomic E-state index is 12.2. The average Bonchev–Trinajstić information content (AvgIpc) is 2.87. The first-order chi connectivity index (χ1) is 12.0. The number of hydrogen-bond acceptors (Lipinski definition) is 7. The maximum atomic E-state index is 12.2. The van der Waals surface area contributed by atoms with Gasteiger partial charge in [0.1, 0.15) is 0 Å². The molecule has 0 unspecified atom stereocenters. The van der Waals surface area contributed by atoms with E-state index in [4.69, 9.17) is 15.9 Å². The molecular formula is C17H15NO6S. The van der Waals surface area contributed by atoms with Crippen molar-refractivity contribution in [3.05, 3.63) is 28.7 Å². The molecule has 0 N–H and O–H groups in total. The number of thioether (sulfide) groups is 1. The summed E-state index contributed by atoms with van der Waals surface area (Å²) in [6.07, 6.45) is 6.72. The average molecular weight is 361 g/mol. The number of benzene rings is 1. The number of methoxy groups -OCH3 is 2. The van der Waals surface area contributed by atoms with Gasteiger partial charge in [-0.15, -0.1) is 6.42 Å². The third kappa shape index (κ3) is 4.33. The Morgan fingerprint density at radius 3 is 2.72 bits per heavy atom. The number of nitrogens with zero attached hydrogens (tertiary/aromatic N) is 1. The van der Waals surface area contributed by atoms with Crippen molar-refractivity contribution in [2.24, 2.45) is 0 Å². The van der Waals surface area contributed by atoms with Gasteiger partial charge in [-0.1, -0.05) is 12.0 Å². The van der Waals surface area contributed by atoms with Gasteiger partial charge < -0.3 is 14.2 Å². The van der Waals surface area contributed by atoms with Gasteiger partial charge in [-0.05, 0) is 35.5 Å². The van der Waals surface area contributed by atoms with Crippen molar-refractivity contribution in [3.63, 3.8) is 0 Å². The Kier molecular flexibility index (Phi) is 6.08. The maximum Gasteiger partial charge on any atom is 0.343 e. The molecule has 0 bridgehead atoms. The van der Waals surface area contributed by atoms with Crippen LogP contribution in [-0.2, 0) is 14.3 Å². The van der Waals surface area contributed by atoms with Gasteiger partial charge in [-0.2, -0.15) is 0 Å². The van der Waals surface area contributed by atoms with Crippen LogP contribution in [0.2, 0.25) is 0 Å². The summed E-state index contributed by atoms with van der Waals surface area (Å²) < 4.78 is 15.0. The predicted molar refractivity (Wildman–Crippen MR) is 92.0 cm³/mol. The summed E-state index contributed by atoms with van der Waals surface area (Å²) in [4.78, 5) is 36.3. The van der Waals surface area contributed by atoms with Gasteiger partial charge in [0.2, 0.25) is 0 Å². The molecule has 1 aliphatic rings. The van der Waals surface area contributed by atoms with E-state index in [2.05, 4.69) is 10.7 Å². The van der Waals surface area contributed by atoms with Crippen LogP contribution in [0.15, 0.2) is 23.1 Å². The van der Waals surface area contributed by atoms with Crippen molar-refractivity contribution in [1.29, 1.82) is 0 Å². The Bertz CT molecular complexity index is 780. The molecule has 1 aliphatic heterocycles. The topological polar surface area (TPSA) is 82.1 Å². The lowest BCUT2D eigenvalue weighted by Gasteiger charge is -2.10. The molecule has 7 nitrogen and oxygen atoms in total. The van der Waals surface area contributed by atoms with Gasteiger partial charge in [-0.3, -0.25) is 14.5 Å². The summed E-state index contributed by atoms with van der Waals surface area (Å²) in [5.41, 5.74) is 0.633. The molecule has 0 aliphatic carbocycles. The zero-order chi connectivity index (χ0) is 18.4. The Labute approximate surface area is 148 Å². The smallest absolute Gasteiger partial charge is 0.343 e. The summed E-state index contributed by atoms with van der Waals surface area (Å²) in [5.74, 6) is 2.05. The van der Waals surface area contributed by atoms with Crippen molar-refractivity contribution in [2.45, 2.75) is 0 Å². The van der Waals surface area contributed by atoms with Crippen LogP contribution in [0.1, 0.15) is 5.56 Å². The summed E-state index contributed by atoms with van der Waals surface area (Å²) in [7, 11) is 2.71. The first-order valence-electron chi connectivity index (χ1n) is 7.06. The molecule has 0 spiro atoms. The van der Waals surface area contributed by atoms with Gasteiger partial charge >= 0.3 is 5.97 Å². The van der Waals surface area contributed by atoms with Crippen LogP contribution < -0.4 is 9.47 Å². The molecule has 0 atom stereocenters. The van der Waals surface area contributed by atoms with Crippen molar-refractivity contribution >= 4 is 35.0 Å². The standard InChI is InChI=1S/C17H15NO6S/c1-4-7-18-16(20)14(25-17(18)21)9-11-5-6-12(13(8-11)22-2)24-10-15(19)23-3/h1,5-6,8-9H,7,10H2,2-3H3/b14-9-. The minimum Gasteiger partial charge on any atom is -0.493 e. The molecule has 1 heterocycles. The minimum absolute atomic E-state index is 0.0639. The van der Waals surface area contributed by atoms with Crippen molar-refractivity contribution < 1.29 is 28.6 Å². The molecule has 0 radical (unpaired) electrons. The number of rotatable bonds is 6. The van der Waals surface area contributed by atoms with E-state index in [1.807, 2.05) is 0 Å². The van der Waals surface area contributed by atoms with E-state index in [0.717, 1.165) is 16.7 Å². The zero-order valence-electron chi connectivity index (χ0n) is 13.6. The Morgan fingerprint density at radius 2 is 2.08 bits per heavy atom. The fourth-order valence-corrected chi connectivity index (χ4v) is 2.81. The number of hydrogen-bond donors (Lipinski definition) is 0. The number of carbonyl (C=O) groups is 3. The predicted octanol–water partition coefficient (Wildman–Crippen LogP) is 1.92. The van der Waals surface area contributed by atoms with E-state index in [1.54, 1.807) is 24.3 Å². The monoisotopic (exact) mass is 361 g/mol. The number of carbonyl (C=O) groups excluding carboxylic acids is 3. The van der Waals surface area contributed by atoms with Gasteiger partial charge in [0.25, 0.3) is 11.1 Å². The SMILES string of the molecule is C#CCN1C(=O)S/C(=C\c2ccc(OCC(=O)OC)c(OC)c2)C1=O. The zero-order valence-corrected chi connectivity index (χ0v) is 14.4. The van der Waals surface area contributed by atoms with Gasteiger partial charge in [0.05, 0.1) is 25.7 Å².